The molecule has 8 rings (SSSR count). The maximum atomic E-state index is 2.67. The second kappa shape index (κ2) is 3.04. The van der Waals surface area contributed by atoms with E-state index in [4.69, 9.17) is 0 Å². The van der Waals surface area contributed by atoms with Gasteiger partial charge in [0.25, 0.3) is 0 Å². The minimum absolute atomic E-state index is 0.682. The molecule has 0 radical (unpaired) electrons. The second-order valence-corrected chi connectivity index (χ2v) is 10.4. The van der Waals surface area contributed by atoms with Gasteiger partial charge in [0.1, 0.15) is 0 Å². The van der Waals surface area contributed by atoms with Gasteiger partial charge in [-0.25, -0.2) is 0 Å². The molecule has 0 amide bonds. The normalized spacial score (nSPS) is 73.8. The van der Waals surface area contributed by atoms with Gasteiger partial charge in [-0.2, -0.15) is 0 Å². The molecule has 0 N–H and O–H groups in total. The molecule has 8 fully saturated rings. The van der Waals surface area contributed by atoms with Crippen molar-refractivity contribution >= 4 is 0 Å². The van der Waals surface area contributed by atoms with Crippen LogP contribution in [0.2, 0.25) is 0 Å². The van der Waals surface area contributed by atoms with Gasteiger partial charge in [-0.3, -0.25) is 0 Å². The van der Waals surface area contributed by atoms with E-state index in [-0.39, 0.29) is 0 Å². The van der Waals surface area contributed by atoms with Gasteiger partial charge >= 0.3 is 0 Å². The van der Waals surface area contributed by atoms with Crippen LogP contribution >= 0.6 is 0 Å². The van der Waals surface area contributed by atoms with Crippen molar-refractivity contribution in [2.24, 2.45) is 76.4 Å². The predicted molar refractivity (Wildman–Crippen MR) is 80.9 cm³/mol. The van der Waals surface area contributed by atoms with Gasteiger partial charge in [0, 0.05) is 0 Å². The molecular formula is C20H30. The highest BCUT2D eigenvalue weighted by molar-refractivity contribution is 5.24. The zero-order chi connectivity index (χ0) is 13.5. The number of hydrogen-bond donors (Lipinski definition) is 0. The third-order valence-electron chi connectivity index (χ3n) is 10.3. The van der Waals surface area contributed by atoms with E-state index in [1.165, 1.54) is 11.8 Å². The second-order valence-electron chi connectivity index (χ2n) is 10.4. The topological polar surface area (TPSA) is 0 Å². The van der Waals surface area contributed by atoms with Gasteiger partial charge in [0.2, 0.25) is 0 Å². The summed E-state index contributed by atoms with van der Waals surface area (Å²) in [5.74, 6) is 13.5. The summed E-state index contributed by atoms with van der Waals surface area (Å²) >= 11 is 0. The van der Waals surface area contributed by atoms with Crippen LogP contribution in [0.1, 0.15) is 47.0 Å². The molecule has 0 aliphatic heterocycles. The van der Waals surface area contributed by atoms with E-state index >= 15 is 0 Å². The van der Waals surface area contributed by atoms with Crippen LogP contribution in [0.25, 0.3) is 0 Å². The van der Waals surface area contributed by atoms with E-state index in [0.29, 0.717) is 5.41 Å². The Morgan fingerprint density at radius 1 is 0.600 bits per heavy atom. The van der Waals surface area contributed by atoms with Gasteiger partial charge < -0.3 is 0 Å². The summed E-state index contributed by atoms with van der Waals surface area (Å²) in [7, 11) is 0. The molecule has 8 aliphatic rings. The average Bonchev–Trinajstić information content (AvgIpc) is 2.56. The lowest BCUT2D eigenvalue weighted by Gasteiger charge is -2.72. The molecule has 20 heavy (non-hydrogen) atoms. The average molecular weight is 270 g/mol. The van der Waals surface area contributed by atoms with E-state index in [2.05, 4.69) is 27.7 Å². The Kier molecular flexibility index (Phi) is 1.76. The molecule has 110 valence electrons. The molecule has 0 spiro atoms. The molecule has 12 unspecified atom stereocenters. The van der Waals surface area contributed by atoms with Crippen LogP contribution in [-0.4, -0.2) is 0 Å². The van der Waals surface area contributed by atoms with E-state index in [1.54, 1.807) is 19.3 Å². The van der Waals surface area contributed by atoms with Gasteiger partial charge in [-0.05, 0) is 95.7 Å². The Balaban J connectivity index is 1.64. The molecule has 0 heterocycles. The van der Waals surface area contributed by atoms with Crippen molar-refractivity contribution < 1.29 is 0 Å². The van der Waals surface area contributed by atoms with Crippen molar-refractivity contribution in [3.63, 3.8) is 0 Å². The van der Waals surface area contributed by atoms with Crippen molar-refractivity contribution in [2.45, 2.75) is 47.0 Å². The molecule has 0 aromatic rings. The predicted octanol–water partition coefficient (Wildman–Crippen LogP) is 4.70. The number of rotatable bonds is 0. The first-order chi connectivity index (χ1) is 9.51. The summed E-state index contributed by atoms with van der Waals surface area (Å²) in [6.45, 7) is 10.7. The Hall–Kier alpha value is 0. The minimum Gasteiger partial charge on any atom is -0.0620 e. The Labute approximate surface area is 124 Å². The van der Waals surface area contributed by atoms with Crippen LogP contribution in [0.5, 0.6) is 0 Å². The van der Waals surface area contributed by atoms with Crippen molar-refractivity contribution in [1.29, 1.82) is 0 Å². The quantitative estimate of drug-likeness (QED) is 0.598. The zero-order valence-electron chi connectivity index (χ0n) is 13.5. The number of hydrogen-bond acceptors (Lipinski definition) is 0. The van der Waals surface area contributed by atoms with Crippen LogP contribution in [0.15, 0.2) is 0 Å². The third kappa shape index (κ3) is 0.901. The maximum Gasteiger partial charge on any atom is -0.0286 e. The molecule has 8 saturated carbocycles. The van der Waals surface area contributed by atoms with E-state index in [9.17, 15) is 0 Å². The standard InChI is InChI=1S/C20H30/c1-8-10-6-14-11-5-13(10)15-7-12(8)18-16(9(11)2)19(17(14)15)20(18,3)4/h8-19H,5-7H2,1-4H3. The van der Waals surface area contributed by atoms with Crippen molar-refractivity contribution in [3.05, 3.63) is 0 Å². The van der Waals surface area contributed by atoms with Gasteiger partial charge in [0.05, 0.1) is 0 Å². The molecule has 0 aromatic carbocycles. The molecule has 0 aromatic heterocycles. The van der Waals surface area contributed by atoms with Crippen LogP contribution in [-0.2, 0) is 0 Å². The van der Waals surface area contributed by atoms with Gasteiger partial charge in [0.15, 0.2) is 0 Å². The molecule has 12 atom stereocenters. The van der Waals surface area contributed by atoms with E-state index in [1.807, 2.05) is 0 Å². The molecular weight excluding hydrogens is 240 g/mol. The van der Waals surface area contributed by atoms with Crippen molar-refractivity contribution in [3.8, 4) is 0 Å². The molecule has 10 bridgehead atoms. The maximum absolute atomic E-state index is 2.67. The van der Waals surface area contributed by atoms with E-state index in [0.717, 1.165) is 59.2 Å². The van der Waals surface area contributed by atoms with Crippen LogP contribution in [0.3, 0.4) is 0 Å². The summed E-state index contributed by atoms with van der Waals surface area (Å²) < 4.78 is 0. The minimum atomic E-state index is 0.682. The first-order valence-corrected chi connectivity index (χ1v) is 9.51. The molecule has 0 heteroatoms. The van der Waals surface area contributed by atoms with E-state index < -0.39 is 0 Å². The fraction of sp³-hybridized carbons (Fsp3) is 1.00. The SMILES string of the molecule is CC1C2CC3C4CC2C2CC1C1C(C4C)C(C32)C1(C)C. The van der Waals surface area contributed by atoms with Crippen molar-refractivity contribution in [1.82, 2.24) is 0 Å². The third-order valence-corrected chi connectivity index (χ3v) is 10.3. The monoisotopic (exact) mass is 270 g/mol. The van der Waals surface area contributed by atoms with Crippen LogP contribution < -0.4 is 0 Å². The molecule has 0 nitrogen and oxygen atoms in total. The van der Waals surface area contributed by atoms with Gasteiger partial charge in [-0.15, -0.1) is 0 Å². The summed E-state index contributed by atoms with van der Waals surface area (Å²) in [4.78, 5) is 0. The highest BCUT2D eigenvalue weighted by atomic mass is 14.8. The van der Waals surface area contributed by atoms with Crippen molar-refractivity contribution in [2.75, 3.05) is 0 Å². The smallest absolute Gasteiger partial charge is 0.0286 e. The molecule has 8 aliphatic carbocycles. The summed E-state index contributed by atoms with van der Waals surface area (Å²) in [6.07, 6.45) is 4.93. The lowest BCUT2D eigenvalue weighted by atomic mass is 9.33. The zero-order valence-corrected chi connectivity index (χ0v) is 13.5. The fourth-order valence-electron chi connectivity index (χ4n) is 10.1. The first-order valence-electron chi connectivity index (χ1n) is 9.51. The summed E-state index contributed by atoms with van der Waals surface area (Å²) in [5.41, 5.74) is 0.682. The van der Waals surface area contributed by atoms with Gasteiger partial charge in [-0.1, -0.05) is 27.7 Å². The Morgan fingerprint density at radius 2 is 1.20 bits per heavy atom. The highest BCUT2D eigenvalue weighted by Gasteiger charge is 2.76. The highest BCUT2D eigenvalue weighted by Crippen LogP contribution is 2.81. The lowest BCUT2D eigenvalue weighted by molar-refractivity contribution is -0.241. The first kappa shape index (κ1) is 11.6. The lowest BCUT2D eigenvalue weighted by Crippen LogP contribution is -2.67. The summed E-state index contributed by atoms with van der Waals surface area (Å²) in [5, 5.41) is 0. The molecule has 0 saturated heterocycles. The largest absolute Gasteiger partial charge is 0.0620 e. The Bertz CT molecular complexity index is 480. The fourth-order valence-corrected chi connectivity index (χ4v) is 10.1. The van der Waals surface area contributed by atoms with Crippen LogP contribution in [0, 0.1) is 76.4 Å². The van der Waals surface area contributed by atoms with Crippen LogP contribution in [0.4, 0.5) is 0 Å². The Morgan fingerprint density at radius 3 is 2.00 bits per heavy atom. The summed E-state index contributed by atoms with van der Waals surface area (Å²) in [6, 6.07) is 0.